The second-order valence-electron chi connectivity index (χ2n) is 6.64. The summed E-state index contributed by atoms with van der Waals surface area (Å²) in [5.74, 6) is 0.131. The zero-order valence-electron chi connectivity index (χ0n) is 13.7. The van der Waals surface area contributed by atoms with Crippen molar-refractivity contribution in [2.75, 3.05) is 13.1 Å². The maximum absolute atomic E-state index is 11.8. The lowest BCUT2D eigenvalue weighted by Crippen LogP contribution is -2.62. The van der Waals surface area contributed by atoms with Crippen LogP contribution in [-0.4, -0.2) is 46.8 Å². The number of benzene rings is 1. The van der Waals surface area contributed by atoms with E-state index in [1.54, 1.807) is 0 Å². The van der Waals surface area contributed by atoms with E-state index in [0.717, 1.165) is 5.56 Å². The number of oxime groups is 1. The van der Waals surface area contributed by atoms with Crippen LogP contribution in [0.5, 0.6) is 0 Å². The fourth-order valence-electron chi connectivity index (χ4n) is 2.55. The highest BCUT2D eigenvalue weighted by atomic mass is 16.6. The van der Waals surface area contributed by atoms with Gasteiger partial charge in [0, 0.05) is 13.1 Å². The van der Waals surface area contributed by atoms with E-state index in [-0.39, 0.29) is 17.9 Å². The molecule has 1 atom stereocenters. The summed E-state index contributed by atoms with van der Waals surface area (Å²) in [6.07, 6.45) is -0.429. The zero-order valence-corrected chi connectivity index (χ0v) is 13.7. The van der Waals surface area contributed by atoms with Gasteiger partial charge in [0.15, 0.2) is 5.84 Å². The predicted octanol–water partition coefficient (Wildman–Crippen LogP) is 1.68. The number of nitrogens with two attached hydrogens (primary N) is 1. The Bertz CT molecular complexity index is 562. The van der Waals surface area contributed by atoms with Crippen molar-refractivity contribution in [3.8, 4) is 0 Å². The van der Waals surface area contributed by atoms with Crippen molar-refractivity contribution in [1.29, 1.82) is 0 Å². The highest BCUT2D eigenvalue weighted by Gasteiger charge is 2.36. The van der Waals surface area contributed by atoms with Crippen LogP contribution in [0.15, 0.2) is 35.5 Å². The molecule has 1 aromatic carbocycles. The van der Waals surface area contributed by atoms with Crippen molar-refractivity contribution in [3.63, 3.8) is 0 Å². The third-order valence-corrected chi connectivity index (χ3v) is 3.51. The van der Waals surface area contributed by atoms with Gasteiger partial charge in [0.05, 0.1) is 12.1 Å². The van der Waals surface area contributed by atoms with Crippen molar-refractivity contribution >= 4 is 11.9 Å². The summed E-state index contributed by atoms with van der Waals surface area (Å²) in [5.41, 5.74) is 6.26. The van der Waals surface area contributed by atoms with Gasteiger partial charge in [0.1, 0.15) is 5.60 Å². The van der Waals surface area contributed by atoms with E-state index in [2.05, 4.69) is 10.5 Å². The van der Waals surface area contributed by atoms with Gasteiger partial charge >= 0.3 is 6.09 Å². The Morgan fingerprint density at radius 3 is 2.52 bits per heavy atom. The molecule has 2 rings (SSSR count). The van der Waals surface area contributed by atoms with Crippen LogP contribution >= 0.6 is 0 Å². The summed E-state index contributed by atoms with van der Waals surface area (Å²) in [7, 11) is 0. The number of carbonyl (C=O) groups excluding carboxylic acids is 1. The molecule has 7 nitrogen and oxygen atoms in total. The van der Waals surface area contributed by atoms with Crippen LogP contribution < -0.4 is 11.1 Å². The third kappa shape index (κ3) is 4.59. The Balaban J connectivity index is 1.94. The van der Waals surface area contributed by atoms with Gasteiger partial charge in [-0.15, -0.1) is 0 Å². The number of rotatable bonds is 4. The quantitative estimate of drug-likeness (QED) is 0.339. The average Bonchev–Trinajstić information content (AvgIpc) is 2.43. The van der Waals surface area contributed by atoms with Crippen LogP contribution in [-0.2, 0) is 4.74 Å². The third-order valence-electron chi connectivity index (χ3n) is 3.51. The van der Waals surface area contributed by atoms with Crippen molar-refractivity contribution in [2.24, 2.45) is 10.9 Å². The normalized spacial score (nSPS) is 18.1. The number of nitrogens with one attached hydrogen (secondary N) is 1. The molecular weight excluding hydrogens is 296 g/mol. The molecule has 126 valence electrons. The van der Waals surface area contributed by atoms with E-state index in [1.807, 2.05) is 56.0 Å². The Morgan fingerprint density at radius 1 is 1.39 bits per heavy atom. The first-order valence-electron chi connectivity index (χ1n) is 7.56. The largest absolute Gasteiger partial charge is 0.444 e. The molecule has 0 aromatic heterocycles. The van der Waals surface area contributed by atoms with Crippen molar-refractivity contribution in [3.05, 3.63) is 35.9 Å². The number of alkyl carbamates (subject to hydrolysis) is 1. The number of ether oxygens (including phenoxy) is 1. The smallest absolute Gasteiger partial charge is 0.407 e. The van der Waals surface area contributed by atoms with Crippen LogP contribution in [0, 0.1) is 0 Å². The summed E-state index contributed by atoms with van der Waals surface area (Å²) in [4.78, 5) is 13.8. The van der Waals surface area contributed by atoms with Crippen LogP contribution in [0.3, 0.4) is 0 Å². The fourth-order valence-corrected chi connectivity index (χ4v) is 2.55. The zero-order chi connectivity index (χ0) is 17.0. The first-order chi connectivity index (χ1) is 10.8. The molecule has 1 aliphatic heterocycles. The minimum Gasteiger partial charge on any atom is -0.444 e. The molecule has 1 heterocycles. The van der Waals surface area contributed by atoms with Crippen LogP contribution in [0.4, 0.5) is 4.79 Å². The Labute approximate surface area is 136 Å². The average molecular weight is 320 g/mol. The van der Waals surface area contributed by atoms with Gasteiger partial charge in [-0.2, -0.15) is 0 Å². The maximum atomic E-state index is 11.8. The fraction of sp³-hybridized carbons (Fsp3) is 0.500. The summed E-state index contributed by atoms with van der Waals surface area (Å²) >= 11 is 0. The lowest BCUT2D eigenvalue weighted by Gasteiger charge is -2.44. The minimum atomic E-state index is -0.520. The Kier molecular flexibility index (Phi) is 5.10. The lowest BCUT2D eigenvalue weighted by molar-refractivity contribution is 0.0372. The monoisotopic (exact) mass is 320 g/mol. The molecule has 0 aliphatic carbocycles. The van der Waals surface area contributed by atoms with Crippen LogP contribution in [0.1, 0.15) is 32.4 Å². The van der Waals surface area contributed by atoms with Gasteiger partial charge in [-0.25, -0.2) is 4.79 Å². The van der Waals surface area contributed by atoms with Gasteiger partial charge < -0.3 is 21.0 Å². The van der Waals surface area contributed by atoms with Gasteiger partial charge in [0.25, 0.3) is 0 Å². The first kappa shape index (κ1) is 17.1. The molecule has 0 bridgehead atoms. The number of hydrogen-bond acceptors (Lipinski definition) is 5. The van der Waals surface area contributed by atoms with Crippen molar-refractivity contribution in [2.45, 2.75) is 38.5 Å². The lowest BCUT2D eigenvalue weighted by atomic mass is 9.98. The number of amidine groups is 1. The van der Waals surface area contributed by atoms with Gasteiger partial charge in [-0.3, -0.25) is 4.90 Å². The Hall–Kier alpha value is -2.28. The number of amides is 1. The standard InChI is InChI=1S/C16H24N4O3/c1-16(2,3)23-15(21)18-12-9-20(10-12)13(14(17)19-22)11-7-5-4-6-8-11/h4-8,12-13,22H,9-10H2,1-3H3,(H2,17,19)(H,18,21)/t13-/m1/s1. The molecule has 1 amide bonds. The molecule has 0 saturated carbocycles. The molecule has 0 spiro atoms. The van der Waals surface area contributed by atoms with E-state index >= 15 is 0 Å². The van der Waals surface area contributed by atoms with Crippen LogP contribution in [0.25, 0.3) is 0 Å². The Morgan fingerprint density at radius 2 is 2.00 bits per heavy atom. The highest BCUT2D eigenvalue weighted by molar-refractivity contribution is 5.86. The van der Waals surface area contributed by atoms with Crippen molar-refractivity contribution < 1.29 is 14.7 Å². The molecule has 7 heteroatoms. The number of carbonyl (C=O) groups is 1. The van der Waals surface area contributed by atoms with Crippen LogP contribution in [0.2, 0.25) is 0 Å². The second kappa shape index (κ2) is 6.87. The summed E-state index contributed by atoms with van der Waals surface area (Å²) in [6.45, 7) is 6.68. The SMILES string of the molecule is CC(C)(C)OC(=O)NC1CN([C@@H](C(N)=NO)c2ccccc2)C1. The molecular formula is C16H24N4O3. The summed E-state index contributed by atoms with van der Waals surface area (Å²) in [6, 6.07) is 9.26. The van der Waals surface area contributed by atoms with Gasteiger partial charge in [0.2, 0.25) is 0 Å². The van der Waals surface area contributed by atoms with E-state index in [9.17, 15) is 4.79 Å². The van der Waals surface area contributed by atoms with Gasteiger partial charge in [-0.1, -0.05) is 35.5 Å². The maximum Gasteiger partial charge on any atom is 0.407 e. The van der Waals surface area contributed by atoms with Gasteiger partial charge in [-0.05, 0) is 26.3 Å². The topological polar surface area (TPSA) is 100 Å². The molecule has 0 unspecified atom stereocenters. The second-order valence-corrected chi connectivity index (χ2v) is 6.64. The number of hydrogen-bond donors (Lipinski definition) is 3. The van der Waals surface area contributed by atoms with E-state index in [1.165, 1.54) is 0 Å². The van der Waals surface area contributed by atoms with E-state index in [4.69, 9.17) is 15.7 Å². The highest BCUT2D eigenvalue weighted by Crippen LogP contribution is 2.26. The molecule has 1 saturated heterocycles. The molecule has 23 heavy (non-hydrogen) atoms. The molecule has 1 aliphatic rings. The van der Waals surface area contributed by atoms with E-state index in [0.29, 0.717) is 13.1 Å². The van der Waals surface area contributed by atoms with Crippen molar-refractivity contribution in [1.82, 2.24) is 10.2 Å². The number of likely N-dealkylation sites (tertiary alicyclic amines) is 1. The van der Waals surface area contributed by atoms with E-state index < -0.39 is 11.7 Å². The minimum absolute atomic E-state index is 0.0115. The summed E-state index contributed by atoms with van der Waals surface area (Å²) < 4.78 is 5.24. The first-order valence-corrected chi connectivity index (χ1v) is 7.56. The predicted molar refractivity (Wildman–Crippen MR) is 87.3 cm³/mol. The summed E-state index contributed by atoms with van der Waals surface area (Å²) in [5, 5.41) is 15.0. The molecule has 1 aromatic rings. The molecule has 1 fully saturated rings. The number of nitrogens with zero attached hydrogens (tertiary/aromatic N) is 2. The molecule has 4 N–H and O–H groups in total. The molecule has 0 radical (unpaired) electrons.